The minimum Gasteiger partial charge on any atom is -0.495 e. The molecule has 0 bridgehead atoms. The van der Waals surface area contributed by atoms with Crippen LogP contribution >= 0.6 is 11.8 Å². The Balaban J connectivity index is 1.29. The molecule has 178 valence electrons. The van der Waals surface area contributed by atoms with E-state index in [0.717, 1.165) is 27.7 Å². The van der Waals surface area contributed by atoms with Gasteiger partial charge in [-0.2, -0.15) is 0 Å². The quantitative estimate of drug-likeness (QED) is 0.238. The summed E-state index contributed by atoms with van der Waals surface area (Å²) in [5.41, 5.74) is 2.75. The van der Waals surface area contributed by atoms with Crippen molar-refractivity contribution in [1.29, 1.82) is 0 Å². The molecule has 0 saturated heterocycles. The smallest absolute Gasteiger partial charge is 0.234 e. The van der Waals surface area contributed by atoms with Crippen molar-refractivity contribution < 1.29 is 18.7 Å². The first-order valence-corrected chi connectivity index (χ1v) is 11.9. The highest BCUT2D eigenvalue weighted by Gasteiger charge is 2.17. The predicted molar refractivity (Wildman–Crippen MR) is 136 cm³/mol. The summed E-state index contributed by atoms with van der Waals surface area (Å²) in [6.45, 7) is 2.52. The lowest BCUT2D eigenvalue weighted by Gasteiger charge is -2.10. The molecular formula is C25H23N5O4S. The highest BCUT2D eigenvalue weighted by Crippen LogP contribution is 2.36. The molecule has 0 unspecified atom stereocenters. The van der Waals surface area contributed by atoms with Crippen molar-refractivity contribution in [3.05, 3.63) is 60.7 Å². The number of carbonyl (C=O) groups is 1. The highest BCUT2D eigenvalue weighted by atomic mass is 32.2. The molecule has 5 aromatic rings. The lowest BCUT2D eigenvalue weighted by molar-refractivity contribution is -0.113. The third-order valence-electron chi connectivity index (χ3n) is 5.39. The van der Waals surface area contributed by atoms with Gasteiger partial charge >= 0.3 is 0 Å². The van der Waals surface area contributed by atoms with Crippen LogP contribution in [0.15, 0.2) is 70.2 Å². The van der Waals surface area contributed by atoms with Gasteiger partial charge in [0.05, 0.1) is 25.2 Å². The first kappa shape index (κ1) is 22.6. The topological polar surface area (TPSA) is 117 Å². The maximum absolute atomic E-state index is 12.7. The van der Waals surface area contributed by atoms with Gasteiger partial charge in [0.15, 0.2) is 5.82 Å². The van der Waals surface area contributed by atoms with Crippen LogP contribution in [0, 0.1) is 0 Å². The third-order valence-corrected chi connectivity index (χ3v) is 6.34. The van der Waals surface area contributed by atoms with Crippen LogP contribution in [0.2, 0.25) is 0 Å². The van der Waals surface area contributed by atoms with E-state index in [2.05, 4.69) is 15.5 Å². The largest absolute Gasteiger partial charge is 0.495 e. The molecule has 35 heavy (non-hydrogen) atoms. The van der Waals surface area contributed by atoms with E-state index in [9.17, 15) is 4.79 Å². The minimum absolute atomic E-state index is 0.0833. The summed E-state index contributed by atoms with van der Waals surface area (Å²) in [4.78, 5) is 12.7. The monoisotopic (exact) mass is 489 g/mol. The maximum atomic E-state index is 12.7. The number of hydrogen-bond donors (Lipinski definition) is 2. The Kier molecular flexibility index (Phi) is 6.19. The summed E-state index contributed by atoms with van der Waals surface area (Å²) in [6.07, 6.45) is 0. The first-order valence-electron chi connectivity index (χ1n) is 10.9. The second-order valence-corrected chi connectivity index (χ2v) is 8.56. The molecule has 2 heterocycles. The van der Waals surface area contributed by atoms with Crippen LogP contribution in [0.1, 0.15) is 6.92 Å². The zero-order valence-electron chi connectivity index (χ0n) is 19.1. The van der Waals surface area contributed by atoms with Crippen molar-refractivity contribution in [2.24, 2.45) is 0 Å². The summed E-state index contributed by atoms with van der Waals surface area (Å²) < 4.78 is 18.3. The Labute approximate surface area is 205 Å². The first-order chi connectivity index (χ1) is 17.1. The van der Waals surface area contributed by atoms with Crippen LogP contribution in [0.3, 0.4) is 0 Å². The van der Waals surface area contributed by atoms with Gasteiger partial charge in [-0.25, -0.2) is 4.68 Å². The maximum Gasteiger partial charge on any atom is 0.234 e. The predicted octanol–water partition coefficient (Wildman–Crippen LogP) is 4.70. The number of anilines is 1. The summed E-state index contributed by atoms with van der Waals surface area (Å²) in [5, 5.41) is 13.5. The van der Waals surface area contributed by atoms with Crippen LogP contribution in [-0.4, -0.2) is 40.3 Å². The molecule has 0 aliphatic rings. The van der Waals surface area contributed by atoms with Crippen LogP contribution in [0.25, 0.3) is 33.3 Å². The number of nitrogens with two attached hydrogens (primary N) is 1. The number of carbonyl (C=O) groups excluding carboxylic acids is 1. The second kappa shape index (κ2) is 9.59. The number of amides is 1. The molecule has 3 aromatic carbocycles. The Morgan fingerprint density at radius 1 is 1.09 bits per heavy atom. The summed E-state index contributed by atoms with van der Waals surface area (Å²) >= 11 is 1.19. The molecule has 2 aromatic heterocycles. The molecule has 10 heteroatoms. The molecule has 0 aliphatic heterocycles. The van der Waals surface area contributed by atoms with E-state index in [1.165, 1.54) is 16.4 Å². The molecule has 0 saturated carbocycles. The van der Waals surface area contributed by atoms with E-state index in [4.69, 9.17) is 19.7 Å². The number of hydrogen-bond acceptors (Lipinski definition) is 8. The third kappa shape index (κ3) is 4.47. The van der Waals surface area contributed by atoms with Gasteiger partial charge < -0.3 is 25.1 Å². The molecule has 0 spiro atoms. The van der Waals surface area contributed by atoms with Crippen LogP contribution in [0.5, 0.6) is 11.5 Å². The number of furan rings is 1. The fraction of sp³-hybridized carbons (Fsp3) is 0.160. The Morgan fingerprint density at radius 2 is 1.89 bits per heavy atom. The Morgan fingerprint density at radius 3 is 2.66 bits per heavy atom. The SMILES string of the molecule is CCOc1ccc(-c2nnc(SCC(=O)Nc3cc4oc5ccccc5c4cc3OC)n2N)cc1. The van der Waals surface area contributed by atoms with Gasteiger partial charge in [0.25, 0.3) is 0 Å². The van der Waals surface area contributed by atoms with E-state index >= 15 is 0 Å². The molecular weight excluding hydrogens is 466 g/mol. The van der Waals surface area contributed by atoms with E-state index in [1.54, 1.807) is 13.2 Å². The molecule has 5 rings (SSSR count). The van der Waals surface area contributed by atoms with Crippen molar-refractivity contribution in [2.45, 2.75) is 12.1 Å². The zero-order valence-corrected chi connectivity index (χ0v) is 20.0. The van der Waals surface area contributed by atoms with E-state index in [1.807, 2.05) is 61.5 Å². The number of thioether (sulfide) groups is 1. The van der Waals surface area contributed by atoms with Gasteiger partial charge in [-0.1, -0.05) is 30.0 Å². The second-order valence-electron chi connectivity index (χ2n) is 7.62. The van der Waals surface area contributed by atoms with Crippen molar-refractivity contribution in [3.8, 4) is 22.9 Å². The van der Waals surface area contributed by atoms with E-state index in [-0.39, 0.29) is 11.7 Å². The van der Waals surface area contributed by atoms with Crippen LogP contribution < -0.4 is 20.6 Å². The number of nitrogen functional groups attached to an aromatic ring is 1. The molecule has 0 radical (unpaired) electrons. The fourth-order valence-electron chi connectivity index (χ4n) is 3.77. The van der Waals surface area contributed by atoms with E-state index in [0.29, 0.717) is 34.6 Å². The number of benzene rings is 3. The summed E-state index contributed by atoms with van der Waals surface area (Å²) in [7, 11) is 1.56. The van der Waals surface area contributed by atoms with Crippen molar-refractivity contribution in [3.63, 3.8) is 0 Å². The van der Waals surface area contributed by atoms with Crippen molar-refractivity contribution in [2.75, 3.05) is 30.6 Å². The average molecular weight is 490 g/mol. The molecule has 1 amide bonds. The Hall–Kier alpha value is -4.18. The lowest BCUT2D eigenvalue weighted by Crippen LogP contribution is -2.16. The van der Waals surface area contributed by atoms with Gasteiger partial charge in [-0.05, 0) is 43.3 Å². The van der Waals surface area contributed by atoms with Gasteiger partial charge in [-0.3, -0.25) is 4.79 Å². The normalized spacial score (nSPS) is 11.1. The number of methoxy groups -OCH3 is 1. The summed E-state index contributed by atoms with van der Waals surface area (Å²) in [6, 6.07) is 18.8. The number of rotatable bonds is 8. The van der Waals surface area contributed by atoms with Gasteiger partial charge in [-0.15, -0.1) is 10.2 Å². The van der Waals surface area contributed by atoms with Gasteiger partial charge in [0.2, 0.25) is 11.1 Å². The van der Waals surface area contributed by atoms with Crippen molar-refractivity contribution in [1.82, 2.24) is 14.9 Å². The van der Waals surface area contributed by atoms with E-state index < -0.39 is 0 Å². The average Bonchev–Trinajstić information content (AvgIpc) is 3.42. The number of para-hydroxylation sites is 1. The minimum atomic E-state index is -0.241. The van der Waals surface area contributed by atoms with Gasteiger partial charge in [0.1, 0.15) is 22.7 Å². The molecule has 0 atom stereocenters. The highest BCUT2D eigenvalue weighted by molar-refractivity contribution is 7.99. The number of ether oxygens (including phenoxy) is 2. The molecule has 0 fully saturated rings. The zero-order chi connectivity index (χ0) is 24.4. The number of nitrogens with zero attached hydrogens (tertiary/aromatic N) is 3. The van der Waals surface area contributed by atoms with Crippen LogP contribution in [-0.2, 0) is 4.79 Å². The molecule has 3 N–H and O–H groups in total. The number of aromatic nitrogens is 3. The standard InChI is InChI=1S/C25H23N5O4S/c1-3-33-16-10-8-15(9-11-16)24-28-29-25(30(24)26)35-14-23(31)27-19-13-21-18(12-22(19)32-2)17-6-4-5-7-20(17)34-21/h4-13H,3,14,26H2,1-2H3,(H,27,31). The molecule has 9 nitrogen and oxygen atoms in total. The lowest BCUT2D eigenvalue weighted by atomic mass is 10.1. The molecule has 0 aliphatic carbocycles. The number of fused-ring (bicyclic) bond motifs is 3. The van der Waals surface area contributed by atoms with Crippen LogP contribution in [0.4, 0.5) is 5.69 Å². The summed E-state index contributed by atoms with van der Waals surface area (Å²) in [5.74, 6) is 7.84. The number of nitrogens with one attached hydrogen (secondary N) is 1. The van der Waals surface area contributed by atoms with Gasteiger partial charge in [0, 0.05) is 22.4 Å². The Bertz CT molecular complexity index is 1510. The fourth-order valence-corrected chi connectivity index (χ4v) is 4.43. The van der Waals surface area contributed by atoms with Crippen molar-refractivity contribution >= 4 is 45.3 Å².